The topological polar surface area (TPSA) is 66.5 Å². The third-order valence-electron chi connectivity index (χ3n) is 2.98. The Balaban J connectivity index is 2.88. The molecule has 1 rings (SSSR count). The molecular formula is C14H21ClN2O3S. The first-order valence-corrected chi connectivity index (χ1v) is 8.99. The van der Waals surface area contributed by atoms with Crippen molar-refractivity contribution in [1.82, 2.24) is 5.32 Å². The quantitative estimate of drug-likeness (QED) is 0.833. The lowest BCUT2D eigenvalue weighted by molar-refractivity contribution is -0.121. The van der Waals surface area contributed by atoms with Crippen LogP contribution in [0.2, 0.25) is 5.02 Å². The Kier molecular flexibility index (Phi) is 6.48. The standard InChI is InChI=1S/C14H21ClN2O3S/c1-4-16-14(18)6-5-9-17(21(3,19)20)13-10-12(15)8-7-11(13)2/h7-8,10H,4-6,9H2,1-3H3,(H,16,18). The number of rotatable bonds is 7. The van der Waals surface area contributed by atoms with E-state index in [0.29, 0.717) is 30.1 Å². The summed E-state index contributed by atoms with van der Waals surface area (Å²) in [4.78, 5) is 11.4. The van der Waals surface area contributed by atoms with Gasteiger partial charge in [-0.3, -0.25) is 9.10 Å². The number of carbonyl (C=O) groups is 1. The molecule has 0 radical (unpaired) electrons. The van der Waals surface area contributed by atoms with E-state index in [0.717, 1.165) is 11.8 Å². The minimum atomic E-state index is -3.42. The lowest BCUT2D eigenvalue weighted by Crippen LogP contribution is -2.32. The summed E-state index contributed by atoms with van der Waals surface area (Å²) in [6, 6.07) is 5.12. The molecule has 0 fully saturated rings. The number of halogens is 1. The molecule has 1 aromatic rings. The maximum absolute atomic E-state index is 12.0. The van der Waals surface area contributed by atoms with Gasteiger partial charge in [-0.05, 0) is 38.0 Å². The number of hydrogen-bond donors (Lipinski definition) is 1. The molecule has 118 valence electrons. The molecule has 0 aliphatic heterocycles. The molecule has 0 spiro atoms. The van der Waals surface area contributed by atoms with Crippen molar-refractivity contribution in [2.45, 2.75) is 26.7 Å². The average molecular weight is 333 g/mol. The zero-order valence-corrected chi connectivity index (χ0v) is 14.1. The second kappa shape index (κ2) is 7.66. The Morgan fingerprint density at radius 1 is 1.38 bits per heavy atom. The van der Waals surface area contributed by atoms with Crippen molar-refractivity contribution in [3.8, 4) is 0 Å². The van der Waals surface area contributed by atoms with Gasteiger partial charge in [-0.2, -0.15) is 0 Å². The van der Waals surface area contributed by atoms with Gasteiger partial charge in [0.1, 0.15) is 0 Å². The van der Waals surface area contributed by atoms with Crippen LogP contribution in [0.4, 0.5) is 5.69 Å². The van der Waals surface area contributed by atoms with Crippen LogP contribution < -0.4 is 9.62 Å². The second-order valence-electron chi connectivity index (χ2n) is 4.82. The summed E-state index contributed by atoms with van der Waals surface area (Å²) in [6.45, 7) is 4.49. The monoisotopic (exact) mass is 332 g/mol. The van der Waals surface area contributed by atoms with Crippen LogP contribution in [-0.4, -0.2) is 33.7 Å². The number of aryl methyl sites for hydroxylation is 1. The molecule has 0 aromatic heterocycles. The summed E-state index contributed by atoms with van der Waals surface area (Å²) in [5.74, 6) is -0.0752. The smallest absolute Gasteiger partial charge is 0.232 e. The van der Waals surface area contributed by atoms with Crippen molar-refractivity contribution in [2.24, 2.45) is 0 Å². The van der Waals surface area contributed by atoms with Crippen LogP contribution in [0.3, 0.4) is 0 Å². The molecule has 1 N–H and O–H groups in total. The van der Waals surface area contributed by atoms with E-state index in [4.69, 9.17) is 11.6 Å². The van der Waals surface area contributed by atoms with Crippen molar-refractivity contribution in [1.29, 1.82) is 0 Å². The Morgan fingerprint density at radius 3 is 2.62 bits per heavy atom. The molecule has 5 nitrogen and oxygen atoms in total. The number of anilines is 1. The van der Waals surface area contributed by atoms with Crippen LogP contribution in [0.5, 0.6) is 0 Å². The highest BCUT2D eigenvalue weighted by molar-refractivity contribution is 7.92. The summed E-state index contributed by atoms with van der Waals surface area (Å²) in [7, 11) is -3.42. The molecule has 7 heteroatoms. The highest BCUT2D eigenvalue weighted by Gasteiger charge is 2.19. The van der Waals surface area contributed by atoms with Gasteiger partial charge in [0.15, 0.2) is 0 Å². The van der Waals surface area contributed by atoms with Gasteiger partial charge in [-0.1, -0.05) is 17.7 Å². The van der Waals surface area contributed by atoms with Gasteiger partial charge in [0, 0.05) is 24.5 Å². The largest absolute Gasteiger partial charge is 0.356 e. The number of nitrogens with one attached hydrogen (secondary N) is 1. The lowest BCUT2D eigenvalue weighted by atomic mass is 10.2. The van der Waals surface area contributed by atoms with Crippen molar-refractivity contribution in [3.63, 3.8) is 0 Å². The van der Waals surface area contributed by atoms with Crippen LogP contribution in [0, 0.1) is 6.92 Å². The van der Waals surface area contributed by atoms with E-state index < -0.39 is 10.0 Å². The van der Waals surface area contributed by atoms with Crippen molar-refractivity contribution >= 4 is 33.2 Å². The molecule has 0 saturated carbocycles. The Morgan fingerprint density at radius 2 is 2.05 bits per heavy atom. The van der Waals surface area contributed by atoms with Crippen LogP contribution >= 0.6 is 11.6 Å². The van der Waals surface area contributed by atoms with Gasteiger partial charge in [0.05, 0.1) is 11.9 Å². The number of nitrogens with zero attached hydrogens (tertiary/aromatic N) is 1. The third kappa shape index (κ3) is 5.55. The number of amides is 1. The lowest BCUT2D eigenvalue weighted by Gasteiger charge is -2.24. The molecule has 1 amide bonds. The normalized spacial score (nSPS) is 11.2. The first-order valence-electron chi connectivity index (χ1n) is 6.76. The Labute approximate surface area is 131 Å². The second-order valence-corrected chi connectivity index (χ2v) is 7.17. The fourth-order valence-corrected chi connectivity index (χ4v) is 3.17. The molecule has 0 bridgehead atoms. The molecule has 0 aliphatic carbocycles. The first kappa shape index (κ1) is 17.8. The van der Waals surface area contributed by atoms with Crippen LogP contribution in [0.25, 0.3) is 0 Å². The SMILES string of the molecule is CCNC(=O)CCCN(c1cc(Cl)ccc1C)S(C)(=O)=O. The van der Waals surface area contributed by atoms with Gasteiger partial charge >= 0.3 is 0 Å². The summed E-state index contributed by atoms with van der Waals surface area (Å²) in [6.07, 6.45) is 1.89. The number of benzene rings is 1. The van der Waals surface area contributed by atoms with Crippen LogP contribution in [0.1, 0.15) is 25.3 Å². The van der Waals surface area contributed by atoms with E-state index in [-0.39, 0.29) is 12.5 Å². The third-order valence-corrected chi connectivity index (χ3v) is 4.39. The van der Waals surface area contributed by atoms with Gasteiger partial charge in [-0.15, -0.1) is 0 Å². The van der Waals surface area contributed by atoms with Crippen molar-refractivity contribution in [2.75, 3.05) is 23.7 Å². The fourth-order valence-electron chi connectivity index (χ4n) is 1.98. The number of carbonyl (C=O) groups excluding carboxylic acids is 1. The molecule has 1 aromatic carbocycles. The first-order chi connectivity index (χ1) is 9.75. The Bertz CT molecular complexity index is 602. The Hall–Kier alpha value is -1.27. The molecule has 0 aliphatic rings. The average Bonchev–Trinajstić information content (AvgIpc) is 2.37. The van der Waals surface area contributed by atoms with E-state index in [9.17, 15) is 13.2 Å². The van der Waals surface area contributed by atoms with E-state index >= 15 is 0 Å². The number of sulfonamides is 1. The maximum Gasteiger partial charge on any atom is 0.232 e. The minimum absolute atomic E-state index is 0.0752. The fraction of sp³-hybridized carbons (Fsp3) is 0.500. The predicted octanol–water partition coefficient (Wildman–Crippen LogP) is 2.33. The summed E-state index contributed by atoms with van der Waals surface area (Å²) < 4.78 is 25.3. The summed E-state index contributed by atoms with van der Waals surface area (Å²) in [5.41, 5.74) is 1.38. The number of hydrogen-bond acceptors (Lipinski definition) is 3. The highest BCUT2D eigenvalue weighted by atomic mass is 35.5. The van der Waals surface area contributed by atoms with Gasteiger partial charge < -0.3 is 5.32 Å². The molecule has 21 heavy (non-hydrogen) atoms. The summed E-state index contributed by atoms with van der Waals surface area (Å²) in [5, 5.41) is 3.17. The van der Waals surface area contributed by atoms with Crippen LogP contribution in [0.15, 0.2) is 18.2 Å². The van der Waals surface area contributed by atoms with Gasteiger partial charge in [0.25, 0.3) is 0 Å². The summed E-state index contributed by atoms with van der Waals surface area (Å²) >= 11 is 5.95. The molecule has 0 saturated heterocycles. The van der Waals surface area contributed by atoms with E-state index in [1.54, 1.807) is 18.2 Å². The van der Waals surface area contributed by atoms with Crippen molar-refractivity contribution in [3.05, 3.63) is 28.8 Å². The molecule has 0 heterocycles. The zero-order valence-electron chi connectivity index (χ0n) is 12.5. The highest BCUT2D eigenvalue weighted by Crippen LogP contribution is 2.26. The van der Waals surface area contributed by atoms with E-state index in [2.05, 4.69) is 5.32 Å². The molecule has 0 unspecified atom stereocenters. The minimum Gasteiger partial charge on any atom is -0.356 e. The van der Waals surface area contributed by atoms with Crippen LogP contribution in [-0.2, 0) is 14.8 Å². The van der Waals surface area contributed by atoms with E-state index in [1.807, 2.05) is 13.8 Å². The predicted molar refractivity (Wildman–Crippen MR) is 86.3 cm³/mol. The van der Waals surface area contributed by atoms with E-state index in [1.165, 1.54) is 4.31 Å². The maximum atomic E-state index is 12.0. The van der Waals surface area contributed by atoms with Crippen molar-refractivity contribution < 1.29 is 13.2 Å². The zero-order chi connectivity index (χ0) is 16.0. The van der Waals surface area contributed by atoms with Gasteiger partial charge in [0.2, 0.25) is 15.9 Å². The van der Waals surface area contributed by atoms with Gasteiger partial charge in [-0.25, -0.2) is 8.42 Å². The molecule has 0 atom stereocenters. The molecular weight excluding hydrogens is 312 g/mol.